The highest BCUT2D eigenvalue weighted by Crippen LogP contribution is 2.32. The smallest absolute Gasteiger partial charge is 0.233 e. The molecule has 2 atom stereocenters. The number of anilines is 1. The molecule has 0 bridgehead atoms. The highest BCUT2D eigenvalue weighted by Gasteiger charge is 2.23. The molecule has 2 N–H and O–H groups in total. The predicted octanol–water partition coefficient (Wildman–Crippen LogP) is 3.61. The number of thioether (sulfide) groups is 1. The average Bonchev–Trinajstić information content (AvgIpc) is 3.26. The van der Waals surface area contributed by atoms with E-state index in [2.05, 4.69) is 20.8 Å². The molecule has 1 aromatic carbocycles. The fourth-order valence-electron chi connectivity index (χ4n) is 2.09. The lowest BCUT2D eigenvalue weighted by atomic mass is 10.1. The lowest BCUT2D eigenvalue weighted by molar-refractivity contribution is -0.120. The Kier molecular flexibility index (Phi) is 5.35. The van der Waals surface area contributed by atoms with Gasteiger partial charge in [-0.1, -0.05) is 35.2 Å². The van der Waals surface area contributed by atoms with Crippen LogP contribution in [0.15, 0.2) is 28.6 Å². The van der Waals surface area contributed by atoms with Gasteiger partial charge in [0, 0.05) is 6.04 Å². The van der Waals surface area contributed by atoms with Crippen LogP contribution in [0.2, 0.25) is 0 Å². The van der Waals surface area contributed by atoms with Gasteiger partial charge in [-0.25, -0.2) is 4.39 Å². The van der Waals surface area contributed by atoms with Gasteiger partial charge >= 0.3 is 0 Å². The Bertz CT molecular complexity index is 702. The van der Waals surface area contributed by atoms with Gasteiger partial charge in [-0.05, 0) is 44.4 Å². The van der Waals surface area contributed by atoms with Crippen molar-refractivity contribution in [1.29, 1.82) is 0 Å². The van der Waals surface area contributed by atoms with Crippen molar-refractivity contribution >= 4 is 34.1 Å². The van der Waals surface area contributed by atoms with Crippen molar-refractivity contribution < 1.29 is 9.18 Å². The van der Waals surface area contributed by atoms with Crippen molar-refractivity contribution in [1.82, 2.24) is 15.5 Å². The summed E-state index contributed by atoms with van der Waals surface area (Å²) in [6.45, 7) is 3.72. The second-order valence-corrected chi connectivity index (χ2v) is 8.40. The first-order valence-corrected chi connectivity index (χ1v) is 9.53. The minimum absolute atomic E-state index is 0.0799. The van der Waals surface area contributed by atoms with Crippen molar-refractivity contribution in [2.75, 3.05) is 5.32 Å². The number of aromatic nitrogens is 2. The van der Waals surface area contributed by atoms with Crippen molar-refractivity contribution in [2.24, 2.45) is 0 Å². The minimum Gasteiger partial charge on any atom is -0.357 e. The summed E-state index contributed by atoms with van der Waals surface area (Å²) in [5.74, 6) is -0.364. The molecule has 2 aromatic rings. The fourth-order valence-corrected chi connectivity index (χ4v) is 4.07. The van der Waals surface area contributed by atoms with E-state index < -0.39 is 0 Å². The molecule has 5 nitrogen and oxygen atoms in total. The zero-order valence-electron chi connectivity index (χ0n) is 13.5. The van der Waals surface area contributed by atoms with Crippen molar-refractivity contribution in [3.8, 4) is 0 Å². The summed E-state index contributed by atoms with van der Waals surface area (Å²) in [7, 11) is 0. The Morgan fingerprint density at radius 2 is 2.00 bits per heavy atom. The number of nitrogens with zero attached hydrogens (tertiary/aromatic N) is 2. The molecule has 1 saturated carbocycles. The van der Waals surface area contributed by atoms with Crippen molar-refractivity contribution in [2.45, 2.75) is 48.4 Å². The van der Waals surface area contributed by atoms with Gasteiger partial charge < -0.3 is 10.6 Å². The molecule has 24 heavy (non-hydrogen) atoms. The number of hydrogen-bond donors (Lipinski definition) is 2. The monoisotopic (exact) mass is 366 g/mol. The molecule has 1 aliphatic rings. The van der Waals surface area contributed by atoms with Crippen LogP contribution in [0.1, 0.15) is 38.3 Å². The first kappa shape index (κ1) is 17.2. The van der Waals surface area contributed by atoms with Crippen LogP contribution in [0.5, 0.6) is 0 Å². The molecule has 0 radical (unpaired) electrons. The molecule has 8 heteroatoms. The van der Waals surface area contributed by atoms with Crippen molar-refractivity contribution in [3.63, 3.8) is 0 Å². The maximum absolute atomic E-state index is 13.0. The second-order valence-electron chi connectivity index (χ2n) is 5.83. The van der Waals surface area contributed by atoms with Gasteiger partial charge in [0.05, 0.1) is 11.3 Å². The van der Waals surface area contributed by atoms with Gasteiger partial charge in [-0.3, -0.25) is 4.79 Å². The van der Waals surface area contributed by atoms with Crippen LogP contribution >= 0.6 is 23.1 Å². The standard InChI is InChI=1S/C16H19FN4OS2/c1-9(11-3-5-12(17)6-4-11)18-14(22)10(2)23-16-21-20-15(24-16)19-13-7-8-13/h3-6,9-10,13H,7-8H2,1-2H3,(H,18,22)(H,19,20). The quantitative estimate of drug-likeness (QED) is 0.733. The zero-order valence-corrected chi connectivity index (χ0v) is 15.1. The molecule has 0 saturated heterocycles. The lowest BCUT2D eigenvalue weighted by Crippen LogP contribution is -2.33. The van der Waals surface area contributed by atoms with E-state index >= 15 is 0 Å². The van der Waals surface area contributed by atoms with Gasteiger partial charge in [0.2, 0.25) is 11.0 Å². The summed E-state index contributed by atoms with van der Waals surface area (Å²) in [5, 5.41) is 15.0. The first-order chi connectivity index (χ1) is 11.5. The van der Waals surface area contributed by atoms with E-state index in [-0.39, 0.29) is 23.0 Å². The van der Waals surface area contributed by atoms with E-state index in [0.717, 1.165) is 15.0 Å². The summed E-state index contributed by atoms with van der Waals surface area (Å²) < 4.78 is 13.7. The number of benzene rings is 1. The number of nitrogens with one attached hydrogen (secondary N) is 2. The third-order valence-corrected chi connectivity index (χ3v) is 5.73. The van der Waals surface area contributed by atoms with Crippen molar-refractivity contribution in [3.05, 3.63) is 35.6 Å². The van der Waals surface area contributed by atoms with Crippen LogP contribution in [-0.2, 0) is 4.79 Å². The molecule has 0 spiro atoms. The first-order valence-electron chi connectivity index (χ1n) is 7.84. The molecular weight excluding hydrogens is 347 g/mol. The molecule has 1 aromatic heterocycles. The number of carbonyl (C=O) groups is 1. The van der Waals surface area contributed by atoms with Gasteiger partial charge in [-0.15, -0.1) is 10.2 Å². The molecule has 1 aliphatic carbocycles. The number of carbonyl (C=O) groups excluding carboxylic acids is 1. The Morgan fingerprint density at radius 3 is 2.67 bits per heavy atom. The van der Waals surface area contributed by atoms with Crippen LogP contribution in [0.25, 0.3) is 0 Å². The molecule has 2 unspecified atom stereocenters. The van der Waals surface area contributed by atoms with E-state index in [9.17, 15) is 9.18 Å². The molecule has 1 fully saturated rings. The van der Waals surface area contributed by atoms with Gasteiger partial charge in [0.25, 0.3) is 0 Å². The van der Waals surface area contributed by atoms with E-state index in [1.165, 1.54) is 48.1 Å². The second kappa shape index (κ2) is 7.48. The third kappa shape index (κ3) is 4.67. The van der Waals surface area contributed by atoms with E-state index in [1.807, 2.05) is 13.8 Å². The SMILES string of the molecule is CC(Sc1nnc(NC2CC2)s1)C(=O)NC(C)c1ccc(F)cc1. The number of halogens is 1. The lowest BCUT2D eigenvalue weighted by Gasteiger charge is -2.17. The molecule has 1 heterocycles. The summed E-state index contributed by atoms with van der Waals surface area (Å²) in [5.41, 5.74) is 0.869. The largest absolute Gasteiger partial charge is 0.357 e. The topological polar surface area (TPSA) is 66.9 Å². The number of rotatable bonds is 7. The summed E-state index contributed by atoms with van der Waals surface area (Å²) >= 11 is 2.86. The highest BCUT2D eigenvalue weighted by molar-refractivity contribution is 8.02. The third-order valence-electron chi connectivity index (χ3n) is 3.69. The predicted molar refractivity (Wildman–Crippen MR) is 94.8 cm³/mol. The molecule has 0 aliphatic heterocycles. The van der Waals surface area contributed by atoms with Crippen LogP contribution in [-0.4, -0.2) is 27.4 Å². The molecular formula is C16H19FN4OS2. The van der Waals surface area contributed by atoms with E-state index in [0.29, 0.717) is 6.04 Å². The Morgan fingerprint density at radius 1 is 1.29 bits per heavy atom. The summed E-state index contributed by atoms with van der Waals surface area (Å²) in [4.78, 5) is 12.3. The maximum atomic E-state index is 13.0. The number of hydrogen-bond acceptors (Lipinski definition) is 6. The minimum atomic E-state index is -0.284. The Balaban J connectivity index is 1.51. The molecule has 3 rings (SSSR count). The van der Waals surface area contributed by atoms with Crippen LogP contribution in [0.3, 0.4) is 0 Å². The zero-order chi connectivity index (χ0) is 17.1. The van der Waals surface area contributed by atoms with Crippen LogP contribution in [0.4, 0.5) is 9.52 Å². The van der Waals surface area contributed by atoms with E-state index in [1.54, 1.807) is 12.1 Å². The normalized spacial score (nSPS) is 16.5. The molecule has 128 valence electrons. The maximum Gasteiger partial charge on any atom is 0.233 e. The average molecular weight is 366 g/mol. The molecule has 1 amide bonds. The highest BCUT2D eigenvalue weighted by atomic mass is 32.2. The summed E-state index contributed by atoms with van der Waals surface area (Å²) in [6.07, 6.45) is 2.37. The van der Waals surface area contributed by atoms with Gasteiger partial charge in [0.1, 0.15) is 5.82 Å². The van der Waals surface area contributed by atoms with Gasteiger partial charge in [0.15, 0.2) is 4.34 Å². The van der Waals surface area contributed by atoms with Crippen LogP contribution in [0, 0.1) is 5.82 Å². The van der Waals surface area contributed by atoms with E-state index in [4.69, 9.17) is 0 Å². The fraction of sp³-hybridized carbons (Fsp3) is 0.438. The van der Waals surface area contributed by atoms with Gasteiger partial charge in [-0.2, -0.15) is 0 Å². The Hall–Kier alpha value is -1.67. The number of amides is 1. The summed E-state index contributed by atoms with van der Waals surface area (Å²) in [6, 6.07) is 6.50. The van der Waals surface area contributed by atoms with Crippen LogP contribution < -0.4 is 10.6 Å². The Labute approximate surface area is 148 Å².